The molecule has 0 spiro atoms. The Balaban J connectivity index is 1.84. The van der Waals surface area contributed by atoms with Gasteiger partial charge in [0.2, 0.25) is 0 Å². The third kappa shape index (κ3) is 4.14. The summed E-state index contributed by atoms with van der Waals surface area (Å²) in [5.41, 5.74) is 5.36. The first-order valence-electron chi connectivity index (χ1n) is 10.8. The third-order valence-electron chi connectivity index (χ3n) is 5.56. The fourth-order valence-electron chi connectivity index (χ4n) is 3.92. The molecular formula is C28H22ClN3O2. The highest BCUT2D eigenvalue weighted by molar-refractivity contribution is 6.30. The molecule has 0 atom stereocenters. The summed E-state index contributed by atoms with van der Waals surface area (Å²) in [6.07, 6.45) is 1.77. The molecule has 0 aliphatic heterocycles. The fourth-order valence-corrected chi connectivity index (χ4v) is 4.10. The Morgan fingerprint density at radius 3 is 2.00 bits per heavy atom. The number of aromatic nitrogens is 3. The van der Waals surface area contributed by atoms with Crippen molar-refractivity contribution >= 4 is 11.6 Å². The van der Waals surface area contributed by atoms with Crippen LogP contribution in [0, 0.1) is 0 Å². The van der Waals surface area contributed by atoms with Crippen LogP contribution in [0.2, 0.25) is 5.02 Å². The number of pyridine rings is 1. The lowest BCUT2D eigenvalue weighted by atomic mass is 10.0. The number of methoxy groups -OCH3 is 2. The molecular weight excluding hydrogens is 446 g/mol. The molecule has 0 radical (unpaired) electrons. The van der Waals surface area contributed by atoms with Crippen molar-refractivity contribution < 1.29 is 9.47 Å². The molecule has 0 unspecified atom stereocenters. The zero-order valence-electron chi connectivity index (χ0n) is 18.8. The SMILES string of the molecule is COc1ccc(-c2nc(-c3ccccn3)n(-c3cccc(Cl)c3)c2-c2ccc(OC)cc2)cc1. The molecule has 0 aliphatic rings. The Morgan fingerprint density at radius 2 is 1.41 bits per heavy atom. The highest BCUT2D eigenvalue weighted by atomic mass is 35.5. The molecule has 5 nitrogen and oxygen atoms in total. The van der Waals surface area contributed by atoms with Gasteiger partial charge in [-0.15, -0.1) is 0 Å². The maximum Gasteiger partial charge on any atom is 0.164 e. The highest BCUT2D eigenvalue weighted by Gasteiger charge is 2.23. The van der Waals surface area contributed by atoms with Crippen LogP contribution in [-0.4, -0.2) is 28.8 Å². The van der Waals surface area contributed by atoms with Crippen molar-refractivity contribution in [1.82, 2.24) is 14.5 Å². The summed E-state index contributed by atoms with van der Waals surface area (Å²) in [5, 5.41) is 0.643. The summed E-state index contributed by atoms with van der Waals surface area (Å²) in [7, 11) is 3.32. The number of hydrogen-bond donors (Lipinski definition) is 0. The first kappa shape index (κ1) is 21.7. The molecule has 5 aromatic rings. The number of rotatable bonds is 6. The van der Waals surface area contributed by atoms with Crippen molar-refractivity contribution in [2.45, 2.75) is 0 Å². The van der Waals surface area contributed by atoms with Crippen LogP contribution in [0.5, 0.6) is 11.5 Å². The average molecular weight is 468 g/mol. The number of ether oxygens (including phenoxy) is 2. The zero-order chi connectivity index (χ0) is 23.5. The Hall–Kier alpha value is -4.09. The first-order chi connectivity index (χ1) is 16.7. The van der Waals surface area contributed by atoms with Crippen molar-refractivity contribution in [1.29, 1.82) is 0 Å². The van der Waals surface area contributed by atoms with Gasteiger partial charge in [0, 0.05) is 28.0 Å². The molecule has 0 saturated carbocycles. The number of halogens is 1. The Kier molecular flexibility index (Phi) is 6.02. The molecule has 6 heteroatoms. The average Bonchev–Trinajstić information content (AvgIpc) is 3.30. The molecule has 0 fully saturated rings. The van der Waals surface area contributed by atoms with Crippen molar-refractivity contribution in [3.8, 4) is 51.2 Å². The molecule has 0 amide bonds. The second-order valence-electron chi connectivity index (χ2n) is 7.62. The van der Waals surface area contributed by atoms with Crippen LogP contribution < -0.4 is 9.47 Å². The normalized spacial score (nSPS) is 10.8. The third-order valence-corrected chi connectivity index (χ3v) is 5.80. The van der Waals surface area contributed by atoms with E-state index in [4.69, 9.17) is 26.1 Å². The van der Waals surface area contributed by atoms with Crippen molar-refractivity contribution in [2.75, 3.05) is 14.2 Å². The van der Waals surface area contributed by atoms with Crippen molar-refractivity contribution in [3.05, 3.63) is 102 Å². The second-order valence-corrected chi connectivity index (χ2v) is 8.06. The summed E-state index contributed by atoms with van der Waals surface area (Å²) in [6.45, 7) is 0. The fraction of sp³-hybridized carbons (Fsp3) is 0.0714. The first-order valence-corrected chi connectivity index (χ1v) is 11.1. The van der Waals surface area contributed by atoms with Crippen molar-refractivity contribution in [2.24, 2.45) is 0 Å². The summed E-state index contributed by atoms with van der Waals surface area (Å²) >= 11 is 6.41. The van der Waals surface area contributed by atoms with Crippen LogP contribution in [0.15, 0.2) is 97.2 Å². The van der Waals surface area contributed by atoms with Crippen molar-refractivity contribution in [3.63, 3.8) is 0 Å². The number of nitrogens with zero attached hydrogens (tertiary/aromatic N) is 3. The minimum atomic E-state index is 0.643. The summed E-state index contributed by atoms with van der Waals surface area (Å²) in [6, 6.07) is 29.4. The Bertz CT molecular complexity index is 1410. The Labute approximate surface area is 203 Å². The van der Waals surface area contributed by atoms with Gasteiger partial charge >= 0.3 is 0 Å². The number of imidazole rings is 1. The van der Waals surface area contributed by atoms with Gasteiger partial charge in [-0.05, 0) is 78.9 Å². The number of hydrogen-bond acceptors (Lipinski definition) is 4. The molecule has 2 aromatic heterocycles. The maximum absolute atomic E-state index is 6.41. The highest BCUT2D eigenvalue weighted by Crippen LogP contribution is 2.39. The van der Waals surface area contributed by atoms with E-state index in [1.165, 1.54) is 0 Å². The summed E-state index contributed by atoms with van der Waals surface area (Å²) < 4.78 is 12.9. The molecule has 2 heterocycles. The van der Waals surface area contributed by atoms with Gasteiger partial charge in [-0.1, -0.05) is 23.7 Å². The molecule has 0 saturated heterocycles. The van der Waals surface area contributed by atoms with E-state index in [-0.39, 0.29) is 0 Å². The van der Waals surface area contributed by atoms with Crippen LogP contribution >= 0.6 is 11.6 Å². The molecule has 168 valence electrons. The standard InChI is InChI=1S/C28H22ClN3O2/c1-33-23-13-9-19(10-14-23)26-27(20-11-15-24(34-2)16-12-20)32(22-7-5-6-21(29)18-22)28(31-26)25-8-3-4-17-30-25/h3-18H,1-2H3. The van der Waals surface area contributed by atoms with Gasteiger partial charge in [0.25, 0.3) is 0 Å². The van der Waals surface area contributed by atoms with Gasteiger partial charge in [0.05, 0.1) is 25.6 Å². The maximum atomic E-state index is 6.41. The van der Waals surface area contributed by atoms with Gasteiger partial charge in [0.15, 0.2) is 5.82 Å². The van der Waals surface area contributed by atoms with Gasteiger partial charge in [-0.2, -0.15) is 0 Å². The van der Waals surface area contributed by atoms with E-state index >= 15 is 0 Å². The molecule has 0 aliphatic carbocycles. The lowest BCUT2D eigenvalue weighted by Gasteiger charge is -2.14. The van der Waals surface area contributed by atoms with Gasteiger partial charge < -0.3 is 9.47 Å². The second kappa shape index (κ2) is 9.41. The molecule has 0 bridgehead atoms. The lowest BCUT2D eigenvalue weighted by molar-refractivity contribution is 0.414. The van der Waals surface area contributed by atoms with E-state index in [1.807, 2.05) is 91.0 Å². The van der Waals surface area contributed by atoms with E-state index in [9.17, 15) is 0 Å². The van der Waals surface area contributed by atoms with Crippen LogP contribution in [-0.2, 0) is 0 Å². The zero-order valence-corrected chi connectivity index (χ0v) is 19.5. The minimum absolute atomic E-state index is 0.643. The van der Waals surface area contributed by atoms with E-state index in [2.05, 4.69) is 9.55 Å². The van der Waals surface area contributed by atoms with Gasteiger partial charge in [-0.25, -0.2) is 4.98 Å². The molecule has 0 N–H and O–H groups in total. The van der Waals surface area contributed by atoms with Gasteiger partial charge in [0.1, 0.15) is 17.2 Å². The van der Waals surface area contributed by atoms with E-state index in [1.54, 1.807) is 20.4 Å². The number of benzene rings is 3. The molecule has 3 aromatic carbocycles. The van der Waals surface area contributed by atoms with E-state index in [0.717, 1.165) is 51.2 Å². The lowest BCUT2D eigenvalue weighted by Crippen LogP contribution is -2.01. The Morgan fingerprint density at radius 1 is 0.735 bits per heavy atom. The largest absolute Gasteiger partial charge is 0.497 e. The van der Waals surface area contributed by atoms with Crippen LogP contribution in [0.25, 0.3) is 39.7 Å². The summed E-state index contributed by atoms with van der Waals surface area (Å²) in [5.74, 6) is 2.29. The summed E-state index contributed by atoms with van der Waals surface area (Å²) in [4.78, 5) is 9.71. The van der Waals surface area contributed by atoms with E-state index in [0.29, 0.717) is 5.02 Å². The smallest absolute Gasteiger partial charge is 0.164 e. The predicted molar refractivity (Wildman–Crippen MR) is 136 cm³/mol. The topological polar surface area (TPSA) is 49.2 Å². The van der Waals surface area contributed by atoms with Gasteiger partial charge in [-0.3, -0.25) is 9.55 Å². The molecule has 34 heavy (non-hydrogen) atoms. The minimum Gasteiger partial charge on any atom is -0.497 e. The van der Waals surface area contributed by atoms with E-state index < -0.39 is 0 Å². The van der Waals surface area contributed by atoms with Crippen LogP contribution in [0.3, 0.4) is 0 Å². The van der Waals surface area contributed by atoms with Crippen LogP contribution in [0.1, 0.15) is 0 Å². The predicted octanol–water partition coefficient (Wildman–Crippen LogP) is 6.94. The molecule has 5 rings (SSSR count). The quantitative estimate of drug-likeness (QED) is 0.271. The monoisotopic (exact) mass is 467 g/mol. The van der Waals surface area contributed by atoms with Crippen LogP contribution in [0.4, 0.5) is 0 Å².